The number of aryl methyl sites for hydroxylation is 1. The van der Waals surface area contributed by atoms with Crippen molar-refractivity contribution in [2.45, 2.75) is 39.4 Å². The van der Waals surface area contributed by atoms with Gasteiger partial charge in [0.2, 0.25) is 0 Å². The van der Waals surface area contributed by atoms with E-state index in [0.717, 1.165) is 24.3 Å². The van der Waals surface area contributed by atoms with Gasteiger partial charge in [0, 0.05) is 12.7 Å². The van der Waals surface area contributed by atoms with Gasteiger partial charge in [-0.25, -0.2) is 0 Å². The molecule has 108 valence electrons. The Labute approximate surface area is 117 Å². The molecule has 3 heteroatoms. The summed E-state index contributed by atoms with van der Waals surface area (Å²) < 4.78 is 11.1. The largest absolute Gasteiger partial charge is 0.491 e. The maximum absolute atomic E-state index is 5.81. The topological polar surface area (TPSA) is 21.7 Å². The highest BCUT2D eigenvalue weighted by Gasteiger charge is 2.07. The summed E-state index contributed by atoms with van der Waals surface area (Å²) in [4.78, 5) is 2.21. The van der Waals surface area contributed by atoms with E-state index in [4.69, 9.17) is 9.47 Å². The third kappa shape index (κ3) is 6.08. The molecule has 0 aliphatic carbocycles. The van der Waals surface area contributed by atoms with Crippen LogP contribution in [0.25, 0.3) is 0 Å². The second-order valence-electron chi connectivity index (χ2n) is 5.45. The van der Waals surface area contributed by atoms with Crippen molar-refractivity contribution in [2.75, 3.05) is 27.7 Å². The van der Waals surface area contributed by atoms with E-state index in [1.807, 2.05) is 13.8 Å². The standard InChI is InChI=1S/C16H27NO2/c1-13(2)19-16-9-8-14(7-6-10-17(3)4)11-15(16)12-18-5/h8-9,11,13H,6-7,10,12H2,1-5H3. The normalized spacial score (nSPS) is 11.3. The number of rotatable bonds is 8. The van der Waals surface area contributed by atoms with E-state index in [-0.39, 0.29) is 6.10 Å². The van der Waals surface area contributed by atoms with Crippen molar-refractivity contribution in [3.05, 3.63) is 29.3 Å². The van der Waals surface area contributed by atoms with Crippen LogP contribution in [0.2, 0.25) is 0 Å². The van der Waals surface area contributed by atoms with Gasteiger partial charge in [0.15, 0.2) is 0 Å². The molecule has 0 N–H and O–H groups in total. The van der Waals surface area contributed by atoms with Crippen molar-refractivity contribution in [3.8, 4) is 5.75 Å². The molecule has 0 spiro atoms. The average Bonchev–Trinajstić information content (AvgIpc) is 2.31. The average molecular weight is 265 g/mol. The molecule has 1 aromatic rings. The van der Waals surface area contributed by atoms with Crippen LogP contribution in [0.1, 0.15) is 31.4 Å². The van der Waals surface area contributed by atoms with Crippen LogP contribution in [0.15, 0.2) is 18.2 Å². The Morgan fingerprint density at radius 3 is 2.53 bits per heavy atom. The van der Waals surface area contributed by atoms with Crippen molar-refractivity contribution < 1.29 is 9.47 Å². The molecule has 3 nitrogen and oxygen atoms in total. The third-order valence-electron chi connectivity index (χ3n) is 2.86. The summed E-state index contributed by atoms with van der Waals surface area (Å²) in [6.45, 7) is 5.80. The van der Waals surface area contributed by atoms with Gasteiger partial charge in [-0.2, -0.15) is 0 Å². The van der Waals surface area contributed by atoms with Gasteiger partial charge in [-0.05, 0) is 65.0 Å². The summed E-state index contributed by atoms with van der Waals surface area (Å²) >= 11 is 0. The summed E-state index contributed by atoms with van der Waals surface area (Å²) in [6, 6.07) is 6.43. The summed E-state index contributed by atoms with van der Waals surface area (Å²) in [5.74, 6) is 0.938. The zero-order valence-corrected chi connectivity index (χ0v) is 12.9. The molecule has 0 aliphatic rings. The van der Waals surface area contributed by atoms with Gasteiger partial charge in [0.25, 0.3) is 0 Å². The van der Waals surface area contributed by atoms with Crippen molar-refractivity contribution in [3.63, 3.8) is 0 Å². The molecule has 19 heavy (non-hydrogen) atoms. The predicted octanol–water partition coefficient (Wildman–Crippen LogP) is 3.11. The van der Waals surface area contributed by atoms with Crippen LogP contribution in [-0.4, -0.2) is 38.8 Å². The fourth-order valence-corrected chi connectivity index (χ4v) is 2.02. The molecule has 0 fully saturated rings. The van der Waals surface area contributed by atoms with Gasteiger partial charge < -0.3 is 14.4 Å². The van der Waals surface area contributed by atoms with E-state index in [9.17, 15) is 0 Å². The van der Waals surface area contributed by atoms with Crippen LogP contribution in [0, 0.1) is 0 Å². The van der Waals surface area contributed by atoms with Crippen LogP contribution in [-0.2, 0) is 17.8 Å². The summed E-state index contributed by atoms with van der Waals surface area (Å²) in [5.41, 5.74) is 2.49. The molecule has 1 rings (SSSR count). The lowest BCUT2D eigenvalue weighted by atomic mass is 10.1. The minimum absolute atomic E-state index is 0.190. The first-order chi connectivity index (χ1) is 9.02. The maximum atomic E-state index is 5.81. The predicted molar refractivity (Wildman–Crippen MR) is 79.8 cm³/mol. The smallest absolute Gasteiger partial charge is 0.125 e. The van der Waals surface area contributed by atoms with Gasteiger partial charge in [-0.3, -0.25) is 0 Å². The Kier molecular flexibility index (Phi) is 6.89. The van der Waals surface area contributed by atoms with Crippen molar-refractivity contribution in [1.29, 1.82) is 0 Å². The minimum Gasteiger partial charge on any atom is -0.491 e. The van der Waals surface area contributed by atoms with Gasteiger partial charge in [-0.15, -0.1) is 0 Å². The second-order valence-corrected chi connectivity index (χ2v) is 5.45. The summed E-state index contributed by atoms with van der Waals surface area (Å²) in [7, 11) is 5.93. The molecule has 0 saturated carbocycles. The molecule has 0 amide bonds. The van der Waals surface area contributed by atoms with Crippen LogP contribution in [0.5, 0.6) is 5.75 Å². The second kappa shape index (κ2) is 8.18. The molecular weight excluding hydrogens is 238 g/mol. The van der Waals surface area contributed by atoms with Gasteiger partial charge in [-0.1, -0.05) is 6.07 Å². The zero-order chi connectivity index (χ0) is 14.3. The van der Waals surface area contributed by atoms with Crippen LogP contribution in [0.4, 0.5) is 0 Å². The van der Waals surface area contributed by atoms with Crippen LogP contribution >= 0.6 is 0 Å². The number of ether oxygens (including phenoxy) is 2. The Hall–Kier alpha value is -1.06. The fraction of sp³-hybridized carbons (Fsp3) is 0.625. The first-order valence-electron chi connectivity index (χ1n) is 6.95. The molecule has 0 radical (unpaired) electrons. The lowest BCUT2D eigenvalue weighted by molar-refractivity contribution is 0.174. The Bertz CT molecular complexity index is 375. The van der Waals surface area contributed by atoms with Crippen molar-refractivity contribution in [2.24, 2.45) is 0 Å². The first kappa shape index (κ1) is 16.0. The molecule has 0 aliphatic heterocycles. The number of hydrogen-bond donors (Lipinski definition) is 0. The third-order valence-corrected chi connectivity index (χ3v) is 2.86. The van der Waals surface area contributed by atoms with E-state index in [0.29, 0.717) is 6.61 Å². The maximum Gasteiger partial charge on any atom is 0.125 e. The Morgan fingerprint density at radius 1 is 1.21 bits per heavy atom. The van der Waals surface area contributed by atoms with E-state index in [2.05, 4.69) is 37.2 Å². The van der Waals surface area contributed by atoms with Crippen molar-refractivity contribution >= 4 is 0 Å². The highest BCUT2D eigenvalue weighted by atomic mass is 16.5. The highest BCUT2D eigenvalue weighted by molar-refractivity contribution is 5.37. The van der Waals surface area contributed by atoms with E-state index in [1.54, 1.807) is 7.11 Å². The molecular formula is C16H27NO2. The number of nitrogens with zero attached hydrogens (tertiary/aromatic N) is 1. The van der Waals surface area contributed by atoms with Gasteiger partial charge in [0.05, 0.1) is 12.7 Å². The minimum atomic E-state index is 0.190. The summed E-state index contributed by atoms with van der Waals surface area (Å²) in [6.07, 6.45) is 2.45. The number of benzene rings is 1. The van der Waals surface area contributed by atoms with Crippen molar-refractivity contribution in [1.82, 2.24) is 4.90 Å². The lowest BCUT2D eigenvalue weighted by Gasteiger charge is -2.15. The molecule has 0 aromatic heterocycles. The van der Waals surface area contributed by atoms with Crippen LogP contribution in [0.3, 0.4) is 0 Å². The molecule has 0 heterocycles. The Balaban J connectivity index is 2.71. The van der Waals surface area contributed by atoms with Gasteiger partial charge in [0.1, 0.15) is 5.75 Å². The molecule has 0 bridgehead atoms. The zero-order valence-electron chi connectivity index (χ0n) is 12.9. The number of methoxy groups -OCH3 is 1. The number of hydrogen-bond acceptors (Lipinski definition) is 3. The van der Waals surface area contributed by atoms with E-state index < -0.39 is 0 Å². The van der Waals surface area contributed by atoms with E-state index >= 15 is 0 Å². The molecule has 0 saturated heterocycles. The molecule has 0 atom stereocenters. The van der Waals surface area contributed by atoms with E-state index in [1.165, 1.54) is 12.0 Å². The molecule has 1 aromatic carbocycles. The SMILES string of the molecule is COCc1cc(CCCN(C)C)ccc1OC(C)C. The quantitative estimate of drug-likeness (QED) is 0.721. The Morgan fingerprint density at radius 2 is 1.95 bits per heavy atom. The fourth-order valence-electron chi connectivity index (χ4n) is 2.02. The molecule has 0 unspecified atom stereocenters. The van der Waals surface area contributed by atoms with Crippen LogP contribution < -0.4 is 4.74 Å². The highest BCUT2D eigenvalue weighted by Crippen LogP contribution is 2.23. The lowest BCUT2D eigenvalue weighted by Crippen LogP contribution is -2.13. The van der Waals surface area contributed by atoms with Gasteiger partial charge >= 0.3 is 0 Å². The monoisotopic (exact) mass is 265 g/mol. The first-order valence-corrected chi connectivity index (χ1v) is 6.95. The summed E-state index contributed by atoms with van der Waals surface area (Å²) in [5, 5.41) is 0.